The van der Waals surface area contributed by atoms with Crippen LogP contribution in [-0.2, 0) is 10.2 Å². The van der Waals surface area contributed by atoms with Crippen molar-refractivity contribution in [1.82, 2.24) is 0 Å². The van der Waals surface area contributed by atoms with Gasteiger partial charge in [-0.15, -0.1) is 0 Å². The molecule has 1 saturated carbocycles. The van der Waals surface area contributed by atoms with E-state index in [1.165, 1.54) is 0 Å². The van der Waals surface area contributed by atoms with Gasteiger partial charge < -0.3 is 5.32 Å². The molecule has 4 nitrogen and oxygen atoms in total. The second-order valence-corrected chi connectivity index (χ2v) is 7.28. The quantitative estimate of drug-likeness (QED) is 0.712. The van der Waals surface area contributed by atoms with E-state index in [1.807, 2.05) is 36.4 Å². The van der Waals surface area contributed by atoms with E-state index in [2.05, 4.69) is 5.32 Å². The number of anilines is 1. The number of nitrogens with one attached hydrogen (secondary N) is 1. The number of para-hydroxylation sites is 1. The molecule has 0 aromatic heterocycles. The molecule has 0 unspecified atom stereocenters. The molecular weight excluding hydrogens is 350 g/mol. The molecule has 0 bridgehead atoms. The Labute approximate surface area is 162 Å². The smallest absolute Gasteiger partial charge is 0.236 e. The van der Waals surface area contributed by atoms with Gasteiger partial charge in [-0.1, -0.05) is 78.9 Å². The van der Waals surface area contributed by atoms with Gasteiger partial charge in [0.05, 0.1) is 17.3 Å². The lowest BCUT2D eigenvalue weighted by Crippen LogP contribution is -2.26. The summed E-state index contributed by atoms with van der Waals surface area (Å²) in [5, 5.41) is 2.88. The van der Waals surface area contributed by atoms with E-state index in [1.54, 1.807) is 48.5 Å². The van der Waals surface area contributed by atoms with Gasteiger partial charge in [-0.2, -0.15) is 0 Å². The van der Waals surface area contributed by atoms with Crippen LogP contribution < -0.4 is 5.32 Å². The zero-order valence-corrected chi connectivity index (χ0v) is 15.0. The molecule has 1 spiro atoms. The van der Waals surface area contributed by atoms with Crippen LogP contribution >= 0.6 is 0 Å². The highest BCUT2D eigenvalue weighted by molar-refractivity contribution is 6.22. The first-order chi connectivity index (χ1) is 13.7. The van der Waals surface area contributed by atoms with Crippen molar-refractivity contribution in [2.45, 2.75) is 5.41 Å². The summed E-state index contributed by atoms with van der Waals surface area (Å²) in [5.41, 5.74) is 1.33. The predicted molar refractivity (Wildman–Crippen MR) is 105 cm³/mol. The summed E-state index contributed by atoms with van der Waals surface area (Å²) < 4.78 is 0. The molecule has 1 aliphatic heterocycles. The third-order valence-corrected chi connectivity index (χ3v) is 5.88. The summed E-state index contributed by atoms with van der Waals surface area (Å²) in [4.78, 5) is 39.8. The van der Waals surface area contributed by atoms with Crippen LogP contribution in [0.2, 0.25) is 0 Å². The van der Waals surface area contributed by atoms with Crippen LogP contribution in [0.1, 0.15) is 26.3 Å². The molecule has 1 aliphatic carbocycles. The molecule has 0 saturated heterocycles. The molecule has 136 valence electrons. The first kappa shape index (κ1) is 16.6. The van der Waals surface area contributed by atoms with E-state index in [9.17, 15) is 14.4 Å². The van der Waals surface area contributed by atoms with Crippen LogP contribution in [0.25, 0.3) is 0 Å². The molecule has 1 N–H and O–H groups in total. The Balaban J connectivity index is 1.65. The summed E-state index contributed by atoms with van der Waals surface area (Å²) in [6.45, 7) is 0. The van der Waals surface area contributed by atoms with Crippen molar-refractivity contribution in [2.75, 3.05) is 5.32 Å². The molecule has 1 amide bonds. The Morgan fingerprint density at radius 2 is 1.14 bits per heavy atom. The summed E-state index contributed by atoms with van der Waals surface area (Å²) >= 11 is 0. The van der Waals surface area contributed by atoms with Crippen molar-refractivity contribution in [3.63, 3.8) is 0 Å². The van der Waals surface area contributed by atoms with Crippen molar-refractivity contribution in [2.24, 2.45) is 11.8 Å². The fourth-order valence-corrected chi connectivity index (χ4v) is 4.59. The second-order valence-electron chi connectivity index (χ2n) is 7.28. The fraction of sp³-hybridized carbons (Fsp3) is 0.125. The van der Waals surface area contributed by atoms with Crippen LogP contribution in [0.15, 0.2) is 84.9 Å². The highest BCUT2D eigenvalue weighted by Gasteiger charge is 2.78. The lowest BCUT2D eigenvalue weighted by molar-refractivity contribution is -0.118. The maximum atomic E-state index is 13.3. The number of Topliss-reactive ketones (excluding diaryl/α,β-unsaturated/α-hetero) is 2. The van der Waals surface area contributed by atoms with Crippen molar-refractivity contribution < 1.29 is 14.4 Å². The second kappa shape index (κ2) is 5.99. The normalized spacial score (nSPS) is 24.5. The van der Waals surface area contributed by atoms with Crippen LogP contribution in [0.5, 0.6) is 0 Å². The summed E-state index contributed by atoms with van der Waals surface area (Å²) in [6, 6.07) is 25.1. The molecule has 3 aromatic carbocycles. The monoisotopic (exact) mass is 367 g/mol. The lowest BCUT2D eigenvalue weighted by Gasteiger charge is -2.09. The number of fused-ring (bicyclic) bond motifs is 2. The molecule has 1 heterocycles. The summed E-state index contributed by atoms with van der Waals surface area (Å²) in [5.74, 6) is -2.00. The molecule has 1 fully saturated rings. The Morgan fingerprint density at radius 3 is 1.68 bits per heavy atom. The maximum Gasteiger partial charge on any atom is 0.236 e. The third kappa shape index (κ3) is 2.15. The van der Waals surface area contributed by atoms with Gasteiger partial charge in [0.15, 0.2) is 11.6 Å². The molecule has 0 radical (unpaired) electrons. The minimum absolute atomic E-state index is 0.165. The molecule has 5 rings (SSSR count). The number of rotatable bonds is 4. The third-order valence-electron chi connectivity index (χ3n) is 5.88. The topological polar surface area (TPSA) is 63.2 Å². The van der Waals surface area contributed by atoms with Crippen molar-refractivity contribution in [1.29, 1.82) is 0 Å². The van der Waals surface area contributed by atoms with Crippen LogP contribution in [0.3, 0.4) is 0 Å². The highest BCUT2D eigenvalue weighted by Crippen LogP contribution is 2.66. The lowest BCUT2D eigenvalue weighted by atomic mass is 9.90. The number of hydrogen-bond donors (Lipinski definition) is 1. The largest absolute Gasteiger partial charge is 0.325 e. The number of carbonyl (C=O) groups is 3. The van der Waals surface area contributed by atoms with Gasteiger partial charge in [-0.25, -0.2) is 0 Å². The van der Waals surface area contributed by atoms with E-state index in [0.29, 0.717) is 16.8 Å². The van der Waals surface area contributed by atoms with Gasteiger partial charge in [0.1, 0.15) is 0 Å². The van der Waals surface area contributed by atoms with Gasteiger partial charge in [0.2, 0.25) is 5.91 Å². The minimum Gasteiger partial charge on any atom is -0.325 e. The fourth-order valence-electron chi connectivity index (χ4n) is 4.59. The number of amides is 1. The number of ketones is 2. The van der Waals surface area contributed by atoms with Gasteiger partial charge in [-0.3, -0.25) is 14.4 Å². The van der Waals surface area contributed by atoms with Gasteiger partial charge in [-0.05, 0) is 11.6 Å². The SMILES string of the molecule is O=C(c1ccccc1)[C@H]1[C@H](C(=O)c2ccccc2)C12C(=O)Nc1ccccc12. The van der Waals surface area contributed by atoms with Gasteiger partial charge in [0, 0.05) is 16.8 Å². The molecule has 28 heavy (non-hydrogen) atoms. The van der Waals surface area contributed by atoms with E-state index < -0.39 is 17.3 Å². The number of hydrogen-bond acceptors (Lipinski definition) is 3. The van der Waals surface area contributed by atoms with Crippen molar-refractivity contribution in [3.8, 4) is 0 Å². The maximum absolute atomic E-state index is 13.3. The summed E-state index contributed by atoms with van der Waals surface area (Å²) in [7, 11) is 0. The molecule has 2 atom stereocenters. The zero-order chi connectivity index (χ0) is 19.3. The first-order valence-electron chi connectivity index (χ1n) is 9.25. The Hall–Kier alpha value is -3.53. The Bertz CT molecular complexity index is 1050. The van der Waals surface area contributed by atoms with Crippen LogP contribution in [-0.4, -0.2) is 17.5 Å². The Morgan fingerprint density at radius 1 is 0.679 bits per heavy atom. The van der Waals surface area contributed by atoms with E-state index >= 15 is 0 Å². The molecule has 4 heteroatoms. The van der Waals surface area contributed by atoms with Crippen molar-refractivity contribution in [3.05, 3.63) is 102 Å². The molecule has 2 aliphatic rings. The van der Waals surface area contributed by atoms with E-state index in [4.69, 9.17) is 0 Å². The average molecular weight is 367 g/mol. The van der Waals surface area contributed by atoms with Gasteiger partial charge >= 0.3 is 0 Å². The zero-order valence-electron chi connectivity index (χ0n) is 15.0. The average Bonchev–Trinajstić information content (AvgIpc) is 3.36. The van der Waals surface area contributed by atoms with Gasteiger partial charge in [0.25, 0.3) is 0 Å². The first-order valence-corrected chi connectivity index (χ1v) is 9.25. The highest BCUT2D eigenvalue weighted by atomic mass is 16.2. The summed E-state index contributed by atoms with van der Waals surface area (Å²) in [6.07, 6.45) is 0. The van der Waals surface area contributed by atoms with E-state index in [0.717, 1.165) is 5.56 Å². The number of carbonyl (C=O) groups excluding carboxylic acids is 3. The standard InChI is InChI=1S/C24H17NO3/c26-21(15-9-3-1-4-10-15)19-20(22(27)16-11-5-2-6-12-16)24(19)17-13-7-8-14-18(17)25-23(24)28/h1-14,19-20H,(H,25,28)/t19-,20-/m1/s1. The molecular formula is C24H17NO3. The van der Waals surface area contributed by atoms with Crippen molar-refractivity contribution >= 4 is 23.2 Å². The van der Waals surface area contributed by atoms with Crippen LogP contribution in [0.4, 0.5) is 5.69 Å². The molecule has 3 aromatic rings. The number of benzene rings is 3. The van der Waals surface area contributed by atoms with Crippen LogP contribution in [0, 0.1) is 11.8 Å². The Kier molecular flexibility index (Phi) is 3.56. The van der Waals surface area contributed by atoms with E-state index in [-0.39, 0.29) is 17.5 Å². The predicted octanol–water partition coefficient (Wildman–Crippen LogP) is 3.89. The minimum atomic E-state index is -1.13.